The van der Waals surface area contributed by atoms with Crippen LogP contribution in [-0.4, -0.2) is 3.79 Å². The van der Waals surface area contributed by atoms with Crippen LogP contribution in [0.5, 0.6) is 0 Å². The maximum atomic E-state index is 12.0. The van der Waals surface area contributed by atoms with Crippen LogP contribution in [0.15, 0.2) is 11.1 Å². The molecule has 0 heterocycles. The highest BCUT2D eigenvalue weighted by Gasteiger charge is 2.29. The van der Waals surface area contributed by atoms with Gasteiger partial charge in [-0.25, -0.2) is 4.39 Å². The Hall–Kier alpha value is 0.760. The lowest BCUT2D eigenvalue weighted by molar-refractivity contribution is 0.556. The fourth-order valence-electron chi connectivity index (χ4n) is 0.107. The molecule has 0 saturated carbocycles. The zero-order chi connectivity index (χ0) is 7.65. The maximum absolute atomic E-state index is 12.0. The minimum absolute atomic E-state index is 1.60. The van der Waals surface area contributed by atoms with Crippen molar-refractivity contribution in [2.45, 2.75) is 3.79 Å². The summed E-state index contributed by atoms with van der Waals surface area (Å²) in [6.07, 6.45) is 0. The van der Waals surface area contributed by atoms with Gasteiger partial charge in [-0.3, -0.25) is 0 Å². The zero-order valence-electron chi connectivity index (χ0n) is 3.77. The van der Waals surface area contributed by atoms with E-state index in [1.807, 2.05) is 0 Å². The molecular weight excluding hydrogens is 216 g/mol. The lowest BCUT2D eigenvalue weighted by atomic mass is 10.7. The Morgan fingerprint density at radius 2 is 1.44 bits per heavy atom. The minimum Gasteiger partial charge on any atom is -0.203 e. The molecule has 0 rings (SSSR count). The predicted molar refractivity (Wildman–Crippen MR) is 35.4 cm³/mol. The molecule has 0 bridgehead atoms. The molecule has 6 heteroatoms. The van der Waals surface area contributed by atoms with Crippen molar-refractivity contribution in [1.82, 2.24) is 0 Å². The van der Waals surface area contributed by atoms with Gasteiger partial charge in [0.25, 0.3) is 0 Å². The molecule has 0 nitrogen and oxygen atoms in total. The minimum atomic E-state index is -2.40. The molecule has 9 heavy (non-hydrogen) atoms. The van der Waals surface area contributed by atoms with E-state index in [2.05, 4.69) is 11.6 Å². The number of allylic oxidation sites excluding steroid dienone is 1. The monoisotopic (exact) mass is 214 g/mol. The van der Waals surface area contributed by atoms with Crippen molar-refractivity contribution in [2.75, 3.05) is 0 Å². The summed E-state index contributed by atoms with van der Waals surface area (Å²) in [5.41, 5.74) is 0. The third kappa shape index (κ3) is 3.46. The summed E-state index contributed by atoms with van der Waals surface area (Å²) in [7, 11) is 0. The Bertz CT molecular complexity index is 131. The van der Waals surface area contributed by atoms with Gasteiger partial charge in [0, 0.05) is 0 Å². The molecule has 0 aromatic rings. The molecule has 0 aliphatic carbocycles. The Balaban J connectivity index is 4.40. The van der Waals surface area contributed by atoms with E-state index in [1.54, 1.807) is 0 Å². The van der Waals surface area contributed by atoms with Gasteiger partial charge in [-0.1, -0.05) is 34.8 Å². The lowest BCUT2D eigenvalue weighted by Gasteiger charge is -2.05. The average Bonchev–Trinajstić information content (AvgIpc) is 1.62. The maximum Gasteiger partial charge on any atom is 0.245 e. The summed E-state index contributed by atoms with van der Waals surface area (Å²) in [5.74, 6) is -1.60. The number of halogens is 6. The molecule has 0 unspecified atom stereocenters. The molecule has 0 aromatic carbocycles. The Labute approximate surface area is 70.3 Å². The van der Waals surface area contributed by atoms with Crippen LogP contribution in [0, 0.1) is 0 Å². The highest BCUT2D eigenvalue weighted by molar-refractivity contribution is 6.69. The van der Waals surface area contributed by atoms with Crippen LogP contribution in [0.1, 0.15) is 0 Å². The molecule has 0 aliphatic rings. The Morgan fingerprint density at radius 1 is 1.11 bits per heavy atom. The van der Waals surface area contributed by atoms with E-state index in [-0.39, 0.29) is 0 Å². The standard InChI is InChI=1S/C3Cl4F2/c4-2(9)1(8)3(5,6)7/b2-1-. The third-order valence-electron chi connectivity index (χ3n) is 0.415. The first kappa shape index (κ1) is 9.76. The van der Waals surface area contributed by atoms with Crippen LogP contribution in [0.25, 0.3) is 0 Å². The summed E-state index contributed by atoms with van der Waals surface area (Å²) < 4.78 is 21.2. The van der Waals surface area contributed by atoms with Gasteiger partial charge in [0.2, 0.25) is 9.08 Å². The van der Waals surface area contributed by atoms with E-state index in [9.17, 15) is 8.78 Å². The summed E-state index contributed by atoms with van der Waals surface area (Å²) in [5, 5.41) is -1.64. The van der Waals surface area contributed by atoms with Gasteiger partial charge in [-0.2, -0.15) is 4.39 Å². The van der Waals surface area contributed by atoms with Crippen LogP contribution in [-0.2, 0) is 0 Å². The second-order valence-electron chi connectivity index (χ2n) is 1.07. The second-order valence-corrected chi connectivity index (χ2v) is 3.69. The molecule has 0 fully saturated rings. The smallest absolute Gasteiger partial charge is 0.203 e. The van der Waals surface area contributed by atoms with Gasteiger partial charge in [0.1, 0.15) is 0 Å². The summed E-state index contributed by atoms with van der Waals surface area (Å²) in [6, 6.07) is 0. The van der Waals surface area contributed by atoms with Gasteiger partial charge in [-0.05, 0) is 11.6 Å². The zero-order valence-corrected chi connectivity index (χ0v) is 6.79. The molecular formula is C3Cl4F2. The first-order valence-electron chi connectivity index (χ1n) is 1.63. The van der Waals surface area contributed by atoms with Crippen molar-refractivity contribution in [1.29, 1.82) is 0 Å². The van der Waals surface area contributed by atoms with E-state index in [4.69, 9.17) is 34.8 Å². The molecule has 0 aromatic heterocycles. The molecule has 0 aliphatic heterocycles. The highest BCUT2D eigenvalue weighted by atomic mass is 35.6. The summed E-state index contributed by atoms with van der Waals surface area (Å²) in [6.45, 7) is 0. The fraction of sp³-hybridized carbons (Fsp3) is 0.333. The largest absolute Gasteiger partial charge is 0.245 e. The first-order valence-corrected chi connectivity index (χ1v) is 3.15. The van der Waals surface area contributed by atoms with Crippen LogP contribution < -0.4 is 0 Å². The van der Waals surface area contributed by atoms with Crippen LogP contribution >= 0.6 is 46.4 Å². The number of alkyl halides is 3. The second kappa shape index (κ2) is 3.24. The van der Waals surface area contributed by atoms with Crippen LogP contribution in [0.4, 0.5) is 8.78 Å². The van der Waals surface area contributed by atoms with Gasteiger partial charge in [0.05, 0.1) is 0 Å². The van der Waals surface area contributed by atoms with Crippen molar-refractivity contribution in [3.63, 3.8) is 0 Å². The van der Waals surface area contributed by atoms with Crippen molar-refractivity contribution >= 4 is 46.4 Å². The Kier molecular flexibility index (Phi) is 3.51. The third-order valence-corrected chi connectivity index (χ3v) is 1.08. The topological polar surface area (TPSA) is 0 Å². The Morgan fingerprint density at radius 3 is 1.44 bits per heavy atom. The number of rotatable bonds is 0. The van der Waals surface area contributed by atoms with Crippen molar-refractivity contribution in [3.05, 3.63) is 11.1 Å². The van der Waals surface area contributed by atoms with Crippen molar-refractivity contribution in [2.24, 2.45) is 0 Å². The van der Waals surface area contributed by atoms with E-state index in [1.165, 1.54) is 0 Å². The van der Waals surface area contributed by atoms with Gasteiger partial charge < -0.3 is 0 Å². The highest BCUT2D eigenvalue weighted by Crippen LogP contribution is 2.38. The number of hydrogen-bond donors (Lipinski definition) is 0. The molecule has 0 N–H and O–H groups in total. The molecule has 0 radical (unpaired) electrons. The normalized spacial score (nSPS) is 15.3. The molecule has 0 saturated heterocycles. The lowest BCUT2D eigenvalue weighted by Crippen LogP contribution is -2.02. The van der Waals surface area contributed by atoms with E-state index in [0.29, 0.717) is 0 Å². The van der Waals surface area contributed by atoms with E-state index < -0.39 is 14.9 Å². The van der Waals surface area contributed by atoms with Crippen molar-refractivity contribution in [3.8, 4) is 0 Å². The van der Waals surface area contributed by atoms with Gasteiger partial charge >= 0.3 is 0 Å². The van der Waals surface area contributed by atoms with Crippen LogP contribution in [0.2, 0.25) is 0 Å². The van der Waals surface area contributed by atoms with E-state index in [0.717, 1.165) is 0 Å². The van der Waals surface area contributed by atoms with E-state index >= 15 is 0 Å². The average molecular weight is 216 g/mol. The predicted octanol–water partition coefficient (Wildman–Crippen LogP) is 3.70. The van der Waals surface area contributed by atoms with Gasteiger partial charge in [-0.15, -0.1) is 0 Å². The fourth-order valence-corrected chi connectivity index (χ4v) is 0.643. The summed E-state index contributed by atoms with van der Waals surface area (Å²) in [4.78, 5) is 0. The summed E-state index contributed by atoms with van der Waals surface area (Å²) >= 11 is 19.1. The molecule has 0 spiro atoms. The molecule has 0 atom stereocenters. The van der Waals surface area contributed by atoms with Crippen LogP contribution in [0.3, 0.4) is 0 Å². The van der Waals surface area contributed by atoms with Crippen molar-refractivity contribution < 1.29 is 8.78 Å². The SMILES string of the molecule is F/C(Cl)=C(\F)C(Cl)(Cl)Cl. The first-order chi connectivity index (χ1) is 3.85. The molecule has 0 amide bonds. The number of hydrogen-bond acceptors (Lipinski definition) is 0. The van der Waals surface area contributed by atoms with Gasteiger partial charge in [0.15, 0.2) is 5.83 Å². The molecule has 54 valence electrons. The quantitative estimate of drug-likeness (QED) is 0.541.